The molecule has 0 bridgehead atoms. The third-order valence-electron chi connectivity index (χ3n) is 6.49. The first kappa shape index (κ1) is 25.3. The molecule has 0 radical (unpaired) electrons. The van der Waals surface area contributed by atoms with Gasteiger partial charge in [-0.25, -0.2) is 0 Å². The molecule has 1 heterocycles. The molecule has 0 amide bonds. The van der Waals surface area contributed by atoms with E-state index < -0.39 is 0 Å². The van der Waals surface area contributed by atoms with E-state index >= 15 is 0 Å². The molecule has 1 unspecified atom stereocenters. The van der Waals surface area contributed by atoms with Crippen molar-refractivity contribution in [2.24, 2.45) is 0 Å². The molecule has 1 rings (SSSR count). The van der Waals surface area contributed by atoms with Gasteiger partial charge in [-0.15, -0.1) is 0 Å². The highest BCUT2D eigenvalue weighted by Crippen LogP contribution is 2.24. The molecular formula is C25H47IN+. The van der Waals surface area contributed by atoms with Crippen molar-refractivity contribution < 1.29 is 5.32 Å². The number of nitrogens with two attached hydrogens (primary N) is 1. The van der Waals surface area contributed by atoms with E-state index in [0.29, 0.717) is 5.54 Å². The number of rotatable bonds is 16. The zero-order valence-corrected chi connectivity index (χ0v) is 20.5. The Kier molecular flexibility index (Phi) is 17.1. The van der Waals surface area contributed by atoms with Crippen molar-refractivity contribution in [2.45, 2.75) is 141 Å². The highest BCUT2D eigenvalue weighted by Gasteiger charge is 2.33. The van der Waals surface area contributed by atoms with Gasteiger partial charge >= 0.3 is 0 Å². The first-order chi connectivity index (χ1) is 13.3. The Labute approximate surface area is 184 Å². The summed E-state index contributed by atoms with van der Waals surface area (Å²) >= 11 is 2.20. The molecule has 2 N–H and O–H groups in total. The molecule has 2 heteroatoms. The molecule has 27 heavy (non-hydrogen) atoms. The second-order valence-corrected chi connectivity index (χ2v) is 9.50. The maximum absolute atomic E-state index is 3.39. The fourth-order valence-corrected chi connectivity index (χ4v) is 4.86. The average molecular weight is 489 g/mol. The van der Waals surface area contributed by atoms with Crippen LogP contribution in [0.25, 0.3) is 0 Å². The number of halogens is 1. The molecule has 158 valence electrons. The van der Waals surface area contributed by atoms with E-state index in [0.717, 1.165) is 6.42 Å². The largest absolute Gasteiger partial charge is 0.341 e. The lowest BCUT2D eigenvalue weighted by Crippen LogP contribution is -2.96. The number of quaternary nitrogens is 1. The number of unbranched alkanes of at least 4 members (excludes halogenated alkanes) is 13. The van der Waals surface area contributed by atoms with Crippen LogP contribution >= 0.6 is 22.6 Å². The van der Waals surface area contributed by atoms with Crippen LogP contribution in [0.4, 0.5) is 0 Å². The minimum Gasteiger partial charge on any atom is -0.341 e. The zero-order valence-electron chi connectivity index (χ0n) is 18.3. The van der Waals surface area contributed by atoms with Crippen LogP contribution in [-0.2, 0) is 0 Å². The van der Waals surface area contributed by atoms with Crippen molar-refractivity contribution in [1.29, 1.82) is 0 Å². The van der Waals surface area contributed by atoms with Gasteiger partial charge in [-0.05, 0) is 29.6 Å². The van der Waals surface area contributed by atoms with Gasteiger partial charge in [0.25, 0.3) is 0 Å². The Hall–Kier alpha value is 0.250. The molecule has 0 aromatic rings. The normalized spacial score (nSPS) is 20.1. The Bertz CT molecular complexity index is 374. The molecule has 0 aliphatic carbocycles. The maximum Gasteiger partial charge on any atom is 0.107 e. The number of hydrogen-bond donors (Lipinski definition) is 1. The smallest absolute Gasteiger partial charge is 0.107 e. The summed E-state index contributed by atoms with van der Waals surface area (Å²) in [4.78, 5) is 0. The summed E-state index contributed by atoms with van der Waals surface area (Å²) in [6, 6.07) is 0. The summed E-state index contributed by atoms with van der Waals surface area (Å²) in [5.74, 6) is 3.39. The Morgan fingerprint density at radius 1 is 0.741 bits per heavy atom. The van der Waals surface area contributed by atoms with Crippen LogP contribution in [0.3, 0.4) is 0 Å². The van der Waals surface area contributed by atoms with Crippen LogP contribution in [0.2, 0.25) is 0 Å². The third kappa shape index (κ3) is 14.0. The summed E-state index contributed by atoms with van der Waals surface area (Å²) in [5, 5.41) is 2.66. The zero-order chi connectivity index (χ0) is 19.5. The molecule has 0 saturated carbocycles. The van der Waals surface area contributed by atoms with Gasteiger partial charge in [-0.3, -0.25) is 0 Å². The predicted molar refractivity (Wildman–Crippen MR) is 129 cm³/mol. The summed E-state index contributed by atoms with van der Waals surface area (Å²) in [7, 11) is 0. The van der Waals surface area contributed by atoms with Crippen LogP contribution in [-0.4, -0.2) is 12.1 Å². The standard InChI is InChI=1S/C25H46IN/c1-2-3-4-5-6-7-8-9-10-11-12-13-14-16-20-25(22-19-23-26)21-17-15-18-24-27-25/h27H,2-18,20-22,24H2,1H3/p+1. The lowest BCUT2D eigenvalue weighted by Gasteiger charge is -2.28. The van der Waals surface area contributed by atoms with Crippen molar-refractivity contribution in [2.75, 3.05) is 6.54 Å². The Morgan fingerprint density at radius 3 is 1.85 bits per heavy atom. The van der Waals surface area contributed by atoms with Gasteiger partial charge in [0.1, 0.15) is 5.54 Å². The molecule has 0 aromatic heterocycles. The van der Waals surface area contributed by atoms with Gasteiger partial charge in [0.15, 0.2) is 0 Å². The molecule has 1 aliphatic heterocycles. The Balaban J connectivity index is 1.96. The van der Waals surface area contributed by atoms with E-state index in [1.165, 1.54) is 129 Å². The highest BCUT2D eigenvalue weighted by molar-refractivity contribution is 14.1. The minimum atomic E-state index is 0.450. The van der Waals surface area contributed by atoms with Gasteiger partial charge in [-0.2, -0.15) is 0 Å². The molecule has 1 fully saturated rings. The van der Waals surface area contributed by atoms with Gasteiger partial charge in [0, 0.05) is 35.4 Å². The van der Waals surface area contributed by atoms with E-state index in [-0.39, 0.29) is 0 Å². The maximum atomic E-state index is 3.39. The molecule has 1 saturated heterocycles. The topological polar surface area (TPSA) is 16.6 Å². The quantitative estimate of drug-likeness (QED) is 0.131. The lowest BCUT2D eigenvalue weighted by molar-refractivity contribution is -0.726. The molecule has 1 nitrogen and oxygen atoms in total. The minimum absolute atomic E-state index is 0.450. The second kappa shape index (κ2) is 18.3. The second-order valence-electron chi connectivity index (χ2n) is 8.96. The summed E-state index contributed by atoms with van der Waals surface area (Å²) < 4.78 is 3.11. The summed E-state index contributed by atoms with van der Waals surface area (Å²) in [5.41, 5.74) is 0.450. The fourth-order valence-electron chi connectivity index (χ4n) is 4.67. The first-order valence-electron chi connectivity index (χ1n) is 12.3. The van der Waals surface area contributed by atoms with Crippen LogP contribution < -0.4 is 5.32 Å². The van der Waals surface area contributed by atoms with E-state index in [1.54, 1.807) is 0 Å². The Morgan fingerprint density at radius 2 is 1.30 bits per heavy atom. The summed E-state index contributed by atoms with van der Waals surface area (Å²) in [6.07, 6.45) is 28.4. The van der Waals surface area contributed by atoms with Crippen LogP contribution in [0.5, 0.6) is 0 Å². The van der Waals surface area contributed by atoms with E-state index in [4.69, 9.17) is 0 Å². The fraction of sp³-hybridized carbons (Fsp3) is 0.920. The van der Waals surface area contributed by atoms with Crippen molar-refractivity contribution in [1.82, 2.24) is 0 Å². The molecule has 0 aromatic carbocycles. The monoisotopic (exact) mass is 488 g/mol. The van der Waals surface area contributed by atoms with Crippen LogP contribution in [0.1, 0.15) is 135 Å². The molecular weight excluding hydrogens is 441 g/mol. The van der Waals surface area contributed by atoms with E-state index in [9.17, 15) is 0 Å². The van der Waals surface area contributed by atoms with Crippen molar-refractivity contribution >= 4 is 22.6 Å². The highest BCUT2D eigenvalue weighted by atomic mass is 127. The van der Waals surface area contributed by atoms with E-state index in [1.807, 2.05) is 0 Å². The summed E-state index contributed by atoms with van der Waals surface area (Å²) in [6.45, 7) is 3.62. The molecule has 0 spiro atoms. The van der Waals surface area contributed by atoms with Gasteiger partial charge < -0.3 is 5.32 Å². The number of hydrogen-bond acceptors (Lipinski definition) is 0. The van der Waals surface area contributed by atoms with E-state index in [2.05, 4.69) is 44.7 Å². The lowest BCUT2D eigenvalue weighted by atomic mass is 9.84. The average Bonchev–Trinajstić information content (AvgIpc) is 2.93. The third-order valence-corrected chi connectivity index (χ3v) is 6.87. The van der Waals surface area contributed by atoms with Crippen LogP contribution in [0, 0.1) is 9.85 Å². The predicted octanol–water partition coefficient (Wildman–Crippen LogP) is 7.52. The van der Waals surface area contributed by atoms with Crippen molar-refractivity contribution in [3.8, 4) is 9.85 Å². The van der Waals surface area contributed by atoms with Crippen molar-refractivity contribution in [3.63, 3.8) is 0 Å². The SMILES string of the molecule is CCCCCCCCCCCCCCCCC1(CC#CI)CCCCC[NH2+]1. The van der Waals surface area contributed by atoms with Crippen LogP contribution in [0.15, 0.2) is 0 Å². The molecule has 1 atom stereocenters. The van der Waals surface area contributed by atoms with Gasteiger partial charge in [0.05, 0.1) is 13.0 Å². The van der Waals surface area contributed by atoms with Gasteiger partial charge in [0.2, 0.25) is 0 Å². The van der Waals surface area contributed by atoms with Crippen molar-refractivity contribution in [3.05, 3.63) is 0 Å². The van der Waals surface area contributed by atoms with Gasteiger partial charge in [-0.1, -0.05) is 96.3 Å². The molecule has 1 aliphatic rings. The first-order valence-corrected chi connectivity index (χ1v) is 13.3.